The van der Waals surface area contributed by atoms with Crippen LogP contribution >= 0.6 is 58.0 Å². The average Bonchev–Trinajstić information content (AvgIpc) is 3.18. The molecule has 1 N–H and O–H groups in total. The van der Waals surface area contributed by atoms with E-state index in [1.165, 1.54) is 0 Å². The van der Waals surface area contributed by atoms with Crippen LogP contribution in [0.25, 0.3) is 0 Å². The first-order chi connectivity index (χ1) is 14.4. The molecule has 10 heteroatoms. The number of alkyl halides is 3. The van der Waals surface area contributed by atoms with Crippen molar-refractivity contribution in [3.63, 3.8) is 0 Å². The molecule has 1 aromatic heterocycles. The number of pyridine rings is 1. The van der Waals surface area contributed by atoms with Crippen molar-refractivity contribution in [2.24, 2.45) is 23.2 Å². The number of halogens is 5. The van der Waals surface area contributed by atoms with Crippen molar-refractivity contribution in [2.45, 2.75) is 42.7 Å². The second-order valence-electron chi connectivity index (χ2n) is 9.39. The Morgan fingerprint density at radius 2 is 1.94 bits per heavy atom. The fourth-order valence-electron chi connectivity index (χ4n) is 5.37. The number of nitrogens with one attached hydrogen (secondary N) is 1. The Hall–Kier alpha value is -0.430. The Balaban J connectivity index is 1.54. The standard InChI is InChI=1S/C21H24Cl5N3O2/c1-20(2)13(7-15(22)23)17(20)18(31)27-19(21(24,25)26)28-8-11-6-12(10-28)14-4-3-5-16(30)29(14)9-11/h3-5,7,11-13,17,19H,6,8-10H2,1-2H3,(H,27,31)/t11-,12-,13+,17+,19+/m0/s1. The maximum atomic E-state index is 13.1. The van der Waals surface area contributed by atoms with Crippen molar-refractivity contribution >= 4 is 63.9 Å². The number of hydrogen-bond donors (Lipinski definition) is 1. The monoisotopic (exact) mass is 525 g/mol. The number of rotatable bonds is 4. The Morgan fingerprint density at radius 3 is 2.58 bits per heavy atom. The Labute approximate surface area is 206 Å². The summed E-state index contributed by atoms with van der Waals surface area (Å²) in [5.74, 6) is -0.201. The normalized spacial score (nSPS) is 30.2. The summed E-state index contributed by atoms with van der Waals surface area (Å²) in [5.41, 5.74) is 0.725. The van der Waals surface area contributed by atoms with E-state index in [0.29, 0.717) is 19.6 Å². The van der Waals surface area contributed by atoms with Crippen LogP contribution in [0, 0.1) is 23.2 Å². The summed E-state index contributed by atoms with van der Waals surface area (Å²) < 4.78 is 0.272. The van der Waals surface area contributed by atoms with Crippen molar-refractivity contribution in [1.82, 2.24) is 14.8 Å². The molecule has 1 aliphatic carbocycles. The quantitative estimate of drug-likeness (QED) is 0.579. The number of carbonyl (C=O) groups is 1. The predicted octanol–water partition coefficient (Wildman–Crippen LogP) is 4.67. The van der Waals surface area contributed by atoms with Crippen LogP contribution in [0.15, 0.2) is 33.6 Å². The lowest BCUT2D eigenvalue weighted by Gasteiger charge is -2.47. The van der Waals surface area contributed by atoms with Gasteiger partial charge in [-0.3, -0.25) is 14.5 Å². The molecular formula is C21H24Cl5N3O2. The number of likely N-dealkylation sites (tertiary alicyclic amines) is 1. The minimum absolute atomic E-state index is 0.0138. The summed E-state index contributed by atoms with van der Waals surface area (Å²) in [7, 11) is 0. The molecule has 1 saturated carbocycles. The SMILES string of the molecule is CC1(C)[C@H](C=C(Cl)Cl)[C@@H]1C(=O)N[C@H](N1C[C@@H]2C[C@@H](C1)c1cccc(=O)n1C2)C(Cl)(Cl)Cl. The zero-order valence-electron chi connectivity index (χ0n) is 17.1. The summed E-state index contributed by atoms with van der Waals surface area (Å²) in [4.78, 5) is 27.4. The van der Waals surface area contributed by atoms with Gasteiger partial charge in [-0.15, -0.1) is 0 Å². The molecule has 4 rings (SSSR count). The summed E-state index contributed by atoms with van der Waals surface area (Å²) >= 11 is 30.7. The van der Waals surface area contributed by atoms with Gasteiger partial charge in [-0.05, 0) is 35.8 Å². The van der Waals surface area contributed by atoms with Crippen molar-refractivity contribution in [3.05, 3.63) is 44.8 Å². The minimum Gasteiger partial charge on any atom is -0.336 e. The van der Waals surface area contributed by atoms with E-state index in [4.69, 9.17) is 58.0 Å². The molecule has 0 spiro atoms. The highest BCUT2D eigenvalue weighted by molar-refractivity contribution is 6.68. The number of carbonyl (C=O) groups excluding carboxylic acids is 1. The van der Waals surface area contributed by atoms with E-state index in [1.54, 1.807) is 18.2 Å². The van der Waals surface area contributed by atoms with Crippen LogP contribution in [0.5, 0.6) is 0 Å². The van der Waals surface area contributed by atoms with E-state index in [1.807, 2.05) is 29.4 Å². The summed E-state index contributed by atoms with van der Waals surface area (Å²) in [6.45, 7) is 5.81. The van der Waals surface area contributed by atoms with E-state index in [2.05, 4.69) is 5.32 Å². The maximum absolute atomic E-state index is 13.1. The first kappa shape index (κ1) is 23.7. The van der Waals surface area contributed by atoms with E-state index in [-0.39, 0.29) is 45.0 Å². The van der Waals surface area contributed by atoms with Gasteiger partial charge in [0.05, 0.1) is 5.92 Å². The third-order valence-electron chi connectivity index (χ3n) is 6.96. The number of fused-ring (bicyclic) bond motifs is 4. The van der Waals surface area contributed by atoms with Crippen LogP contribution in [0.2, 0.25) is 0 Å². The second-order valence-corrected chi connectivity index (χ2v) is 12.8. The van der Waals surface area contributed by atoms with Gasteiger partial charge in [-0.1, -0.05) is 77.9 Å². The van der Waals surface area contributed by atoms with Crippen LogP contribution < -0.4 is 10.9 Å². The van der Waals surface area contributed by atoms with Gasteiger partial charge < -0.3 is 9.88 Å². The molecule has 31 heavy (non-hydrogen) atoms. The van der Waals surface area contributed by atoms with Gasteiger partial charge in [-0.2, -0.15) is 0 Å². The molecule has 1 aromatic rings. The number of allylic oxidation sites excluding steroid dienone is 1. The molecule has 5 nitrogen and oxygen atoms in total. The molecule has 1 amide bonds. The number of hydrogen-bond acceptors (Lipinski definition) is 3. The highest BCUT2D eigenvalue weighted by atomic mass is 35.6. The zero-order chi connectivity index (χ0) is 22.7. The highest BCUT2D eigenvalue weighted by Crippen LogP contribution is 2.60. The van der Waals surface area contributed by atoms with Crippen LogP contribution in [-0.2, 0) is 11.3 Å². The van der Waals surface area contributed by atoms with Gasteiger partial charge in [0.2, 0.25) is 9.70 Å². The molecule has 5 atom stereocenters. The summed E-state index contributed by atoms with van der Waals surface area (Å²) in [5, 5.41) is 2.98. The number of nitrogens with zero attached hydrogens (tertiary/aromatic N) is 2. The van der Waals surface area contributed by atoms with Crippen LogP contribution in [0.4, 0.5) is 0 Å². The van der Waals surface area contributed by atoms with Crippen molar-refractivity contribution in [2.75, 3.05) is 13.1 Å². The van der Waals surface area contributed by atoms with Crippen molar-refractivity contribution in [1.29, 1.82) is 0 Å². The molecule has 1 saturated heterocycles. The molecule has 0 unspecified atom stereocenters. The van der Waals surface area contributed by atoms with Gasteiger partial charge in [0, 0.05) is 37.3 Å². The third kappa shape index (κ3) is 4.64. The molecule has 0 radical (unpaired) electrons. The molecule has 170 valence electrons. The van der Waals surface area contributed by atoms with Crippen LogP contribution in [0.1, 0.15) is 31.9 Å². The van der Waals surface area contributed by atoms with Gasteiger partial charge >= 0.3 is 0 Å². The first-order valence-electron chi connectivity index (χ1n) is 10.2. The van der Waals surface area contributed by atoms with E-state index >= 15 is 0 Å². The lowest BCUT2D eigenvalue weighted by atomic mass is 9.83. The van der Waals surface area contributed by atoms with Crippen molar-refractivity contribution < 1.29 is 4.79 Å². The molecular weight excluding hydrogens is 504 g/mol. The molecule has 2 bridgehead atoms. The maximum Gasteiger partial charge on any atom is 0.250 e. The van der Waals surface area contributed by atoms with E-state index in [0.717, 1.165) is 12.1 Å². The van der Waals surface area contributed by atoms with Gasteiger partial charge in [0.1, 0.15) is 10.7 Å². The molecule has 3 aliphatic rings. The van der Waals surface area contributed by atoms with Gasteiger partial charge in [0.15, 0.2) is 0 Å². The smallest absolute Gasteiger partial charge is 0.250 e. The third-order valence-corrected chi connectivity index (χ3v) is 7.83. The van der Waals surface area contributed by atoms with Crippen LogP contribution in [-0.4, -0.2) is 38.4 Å². The van der Waals surface area contributed by atoms with Crippen LogP contribution in [0.3, 0.4) is 0 Å². The van der Waals surface area contributed by atoms with Crippen molar-refractivity contribution in [3.8, 4) is 0 Å². The van der Waals surface area contributed by atoms with Gasteiger partial charge in [0.25, 0.3) is 5.56 Å². The Kier molecular flexibility index (Phi) is 6.44. The fourth-order valence-corrected chi connectivity index (χ4v) is 6.22. The predicted molar refractivity (Wildman–Crippen MR) is 126 cm³/mol. The molecule has 3 heterocycles. The summed E-state index contributed by atoms with van der Waals surface area (Å²) in [6.07, 6.45) is 1.87. The topological polar surface area (TPSA) is 54.3 Å². The van der Waals surface area contributed by atoms with Gasteiger partial charge in [-0.25, -0.2) is 0 Å². The highest BCUT2D eigenvalue weighted by Gasteiger charge is 2.61. The second kappa shape index (κ2) is 8.41. The lowest BCUT2D eigenvalue weighted by molar-refractivity contribution is -0.125. The Morgan fingerprint density at radius 1 is 1.23 bits per heavy atom. The van der Waals surface area contributed by atoms with E-state index < -0.39 is 9.96 Å². The number of aromatic nitrogens is 1. The largest absolute Gasteiger partial charge is 0.336 e. The lowest BCUT2D eigenvalue weighted by Crippen LogP contribution is -2.60. The molecule has 2 aliphatic heterocycles. The number of piperidine rings is 1. The average molecular weight is 528 g/mol. The first-order valence-corrected chi connectivity index (χ1v) is 12.1. The minimum atomic E-state index is -1.72. The number of amides is 1. The zero-order valence-corrected chi connectivity index (χ0v) is 20.9. The molecule has 2 fully saturated rings. The van der Waals surface area contributed by atoms with E-state index in [9.17, 15) is 9.59 Å². The Bertz CT molecular complexity index is 966. The summed E-state index contributed by atoms with van der Waals surface area (Å²) in [6, 6.07) is 5.35. The molecule has 0 aromatic carbocycles. The fraction of sp³-hybridized carbons (Fsp3) is 0.619.